The number of aliphatic hydroxyl groups is 2. The molecule has 336 valence electrons. The van der Waals surface area contributed by atoms with Gasteiger partial charge < -0.3 is 59.4 Å². The van der Waals surface area contributed by atoms with Gasteiger partial charge >= 0.3 is 18.0 Å². The second-order valence-corrected chi connectivity index (χ2v) is 16.4. The first-order valence-electron chi connectivity index (χ1n) is 20.9. The quantitative estimate of drug-likeness (QED) is 0.0913. The van der Waals surface area contributed by atoms with Gasteiger partial charge in [0.25, 0.3) is 5.56 Å². The molecule has 1 saturated heterocycles. The van der Waals surface area contributed by atoms with Gasteiger partial charge in [-0.25, -0.2) is 24.4 Å². The van der Waals surface area contributed by atoms with E-state index in [2.05, 4.69) is 25.9 Å². The van der Waals surface area contributed by atoms with E-state index in [9.17, 15) is 34.2 Å². The van der Waals surface area contributed by atoms with E-state index < -0.39 is 83.7 Å². The van der Waals surface area contributed by atoms with E-state index in [0.29, 0.717) is 28.5 Å². The number of rotatable bonds is 13. The molecule has 2 aromatic carbocycles. The Morgan fingerprint density at radius 2 is 1.81 bits per heavy atom. The van der Waals surface area contributed by atoms with Crippen molar-refractivity contribution in [2.24, 2.45) is 5.92 Å². The number of pyridine rings is 2. The summed E-state index contributed by atoms with van der Waals surface area (Å²) in [6.07, 6.45) is -2.32. The van der Waals surface area contributed by atoms with Gasteiger partial charge in [0, 0.05) is 47.6 Å². The normalized spacial score (nSPS) is 23.2. The lowest BCUT2D eigenvalue weighted by atomic mass is 9.85. The number of esters is 2. The Morgan fingerprint density at radius 1 is 1.05 bits per heavy atom. The molecule has 0 radical (unpaired) electrons. The molecule has 0 aliphatic carbocycles. The largest absolute Gasteiger partial charge is 0.462 e. The monoisotopic (exact) mass is 879 g/mol. The maximum absolute atomic E-state index is 14.3. The summed E-state index contributed by atoms with van der Waals surface area (Å²) in [6, 6.07) is 14.0. The molecule has 6 heterocycles. The van der Waals surface area contributed by atoms with Crippen LogP contribution in [-0.4, -0.2) is 104 Å². The summed E-state index contributed by atoms with van der Waals surface area (Å²) in [7, 11) is 1.36. The van der Waals surface area contributed by atoms with E-state index >= 15 is 0 Å². The van der Waals surface area contributed by atoms with Crippen molar-refractivity contribution in [3.05, 3.63) is 106 Å². The number of aromatic nitrogens is 4. The van der Waals surface area contributed by atoms with Crippen LogP contribution < -0.4 is 26.2 Å². The number of urea groups is 1. The van der Waals surface area contributed by atoms with E-state index in [1.54, 1.807) is 38.3 Å². The minimum absolute atomic E-state index is 0.0519. The second-order valence-electron chi connectivity index (χ2n) is 16.4. The van der Waals surface area contributed by atoms with Gasteiger partial charge in [-0.05, 0) is 61.7 Å². The maximum atomic E-state index is 14.3. The van der Waals surface area contributed by atoms with Crippen LogP contribution in [0.3, 0.4) is 0 Å². The predicted molar refractivity (Wildman–Crippen MR) is 228 cm³/mol. The first-order chi connectivity index (χ1) is 30.7. The zero-order valence-corrected chi connectivity index (χ0v) is 35.7. The van der Waals surface area contributed by atoms with Crippen LogP contribution in [-0.2, 0) is 58.5 Å². The Hall–Kier alpha value is -6.67. The molecular weight excluding hydrogens is 831 g/mol. The van der Waals surface area contributed by atoms with Crippen molar-refractivity contribution in [2.75, 3.05) is 12.4 Å². The molecule has 19 heteroatoms. The fourth-order valence-electron chi connectivity index (χ4n) is 8.34. The Labute approximate surface area is 366 Å². The number of carbonyl (C=O) groups excluding carboxylic acids is 4. The van der Waals surface area contributed by atoms with Gasteiger partial charge in [0.1, 0.15) is 42.8 Å². The van der Waals surface area contributed by atoms with Gasteiger partial charge in [-0.15, -0.1) is 0 Å². The molecule has 8 atom stereocenters. The summed E-state index contributed by atoms with van der Waals surface area (Å²) < 4.78 is 29.9. The number of aliphatic hydroxyl groups excluding tert-OH is 2. The molecule has 19 nitrogen and oxygen atoms in total. The minimum atomic E-state index is -2.03. The fourth-order valence-corrected chi connectivity index (χ4v) is 8.34. The molecule has 64 heavy (non-hydrogen) atoms. The number of hydrogen-bond acceptors (Lipinski definition) is 14. The van der Waals surface area contributed by atoms with Crippen LogP contribution in [0.15, 0.2) is 78.0 Å². The van der Waals surface area contributed by atoms with Crippen molar-refractivity contribution in [1.82, 2.24) is 30.2 Å². The number of amides is 3. The molecule has 3 aromatic heterocycles. The molecule has 8 rings (SSSR count). The number of imidazole rings is 1. The Bertz CT molecular complexity index is 2630. The number of benzene rings is 2. The first kappa shape index (κ1) is 44.0. The van der Waals surface area contributed by atoms with Crippen molar-refractivity contribution in [3.63, 3.8) is 0 Å². The molecule has 1 unspecified atom stereocenters. The van der Waals surface area contributed by atoms with Crippen LogP contribution in [0, 0.1) is 5.92 Å². The highest BCUT2D eigenvalue weighted by Crippen LogP contribution is 2.41. The van der Waals surface area contributed by atoms with E-state index in [0.717, 1.165) is 16.5 Å². The fraction of sp³-hybridized carbons (Fsp3) is 0.400. The average molecular weight is 880 g/mol. The van der Waals surface area contributed by atoms with Gasteiger partial charge in [0.05, 0.1) is 41.4 Å². The zero-order valence-electron chi connectivity index (χ0n) is 35.7. The van der Waals surface area contributed by atoms with Gasteiger partial charge in [-0.1, -0.05) is 39.0 Å². The van der Waals surface area contributed by atoms with Gasteiger partial charge in [0.15, 0.2) is 0 Å². The number of nitrogens with one attached hydrogen (secondary N) is 4. The van der Waals surface area contributed by atoms with Gasteiger partial charge in [-0.3, -0.25) is 9.59 Å². The summed E-state index contributed by atoms with van der Waals surface area (Å²) >= 11 is 0. The Balaban J connectivity index is 0.986. The molecule has 0 spiro atoms. The SMILES string of the molecule is CC[C@@]1(OC(=O)[C@@H](NC(=O)[C@H](Cc2cnc[nH]2)NC(=O)Nc2ccc(O[C@H]3O[C@@H](C)C(O)[C@@H](OC)[C@@H]3O)cc2)C(C)C)C(=O)OCc2c1cc1n(c2=O)Cc2cc3ccccc3nc2-1. The summed E-state index contributed by atoms with van der Waals surface area (Å²) in [4.78, 5) is 81.5. The van der Waals surface area contributed by atoms with Crippen molar-refractivity contribution >= 4 is 40.5 Å². The number of H-pyrrole nitrogens is 1. The van der Waals surface area contributed by atoms with E-state index in [-0.39, 0.29) is 37.1 Å². The summed E-state index contributed by atoms with van der Waals surface area (Å²) in [6.45, 7) is 6.58. The number of cyclic esters (lactones) is 1. The number of anilines is 1. The highest BCUT2D eigenvalue weighted by Gasteiger charge is 2.52. The van der Waals surface area contributed by atoms with Gasteiger partial charge in [-0.2, -0.15) is 0 Å². The third-order valence-corrected chi connectivity index (χ3v) is 11.9. The summed E-state index contributed by atoms with van der Waals surface area (Å²) in [5.74, 6) is -2.84. The number of methoxy groups -OCH3 is 1. The average Bonchev–Trinajstić information content (AvgIpc) is 3.93. The second kappa shape index (κ2) is 17.8. The van der Waals surface area contributed by atoms with Gasteiger partial charge in [0.2, 0.25) is 17.8 Å². The number of ether oxygens (including phenoxy) is 5. The Morgan fingerprint density at radius 3 is 2.52 bits per heavy atom. The number of fused-ring (bicyclic) bond motifs is 5. The molecule has 3 aliphatic rings. The number of nitrogens with zero attached hydrogens (tertiary/aromatic N) is 3. The Kier molecular flexibility index (Phi) is 12.3. The predicted octanol–water partition coefficient (Wildman–Crippen LogP) is 2.79. The van der Waals surface area contributed by atoms with Crippen molar-refractivity contribution in [2.45, 2.75) is 102 Å². The standard InChI is InChI=1S/C45H49N7O12/c1-6-45(30-17-33-35-25(15-24-9-7-8-10-31(24)49-35)19-52(33)40(56)29(30)20-61-43(45)58)64-41(57)34(22(2)3)51-39(55)32(16-27-18-46-21-47-27)50-44(59)48-26-11-13-28(14-12-26)63-42-37(54)38(60-5)36(53)23(4)62-42/h7-15,17-18,21-23,32,34,36-38,42,53-54H,6,16,19-20H2,1-5H3,(H,46,47)(H,51,55)(H2,48,50,59)/t23-,32-,34-,36?,37-,38+,42+,45-/m0/s1. The van der Waals surface area contributed by atoms with Crippen LogP contribution in [0.5, 0.6) is 5.75 Å². The molecule has 0 saturated carbocycles. The molecular formula is C45H49N7O12. The molecule has 0 bridgehead atoms. The smallest absolute Gasteiger partial charge is 0.355 e. The number of carbonyl (C=O) groups is 4. The van der Waals surface area contributed by atoms with Crippen molar-refractivity contribution in [1.29, 1.82) is 0 Å². The van der Waals surface area contributed by atoms with E-state index in [1.807, 2.05) is 30.3 Å². The molecule has 1 fully saturated rings. The van der Waals surface area contributed by atoms with Crippen LogP contribution in [0.2, 0.25) is 0 Å². The van der Waals surface area contributed by atoms with Crippen LogP contribution in [0.25, 0.3) is 22.3 Å². The third kappa shape index (κ3) is 8.29. The van der Waals surface area contributed by atoms with E-state index in [1.165, 1.54) is 43.9 Å². The molecule has 5 aromatic rings. The van der Waals surface area contributed by atoms with Crippen LogP contribution in [0.4, 0.5) is 10.5 Å². The lowest BCUT2D eigenvalue weighted by molar-refractivity contribution is -0.272. The van der Waals surface area contributed by atoms with Crippen LogP contribution in [0.1, 0.15) is 56.5 Å². The topological polar surface area (TPSA) is 255 Å². The highest BCUT2D eigenvalue weighted by molar-refractivity contribution is 5.96. The maximum Gasteiger partial charge on any atom is 0.355 e. The number of aromatic amines is 1. The first-order valence-corrected chi connectivity index (χ1v) is 20.9. The lowest BCUT2D eigenvalue weighted by Gasteiger charge is -2.40. The number of hydrogen-bond donors (Lipinski definition) is 6. The molecule has 6 N–H and O–H groups in total. The highest BCUT2D eigenvalue weighted by atomic mass is 16.7. The van der Waals surface area contributed by atoms with E-state index in [4.69, 9.17) is 28.7 Å². The van der Waals surface area contributed by atoms with Crippen molar-refractivity contribution in [3.8, 4) is 17.1 Å². The number of para-hydroxylation sites is 1. The van der Waals surface area contributed by atoms with Crippen molar-refractivity contribution < 1.29 is 53.1 Å². The minimum Gasteiger partial charge on any atom is -0.462 e. The zero-order chi connectivity index (χ0) is 45.4. The van der Waals surface area contributed by atoms with Crippen LogP contribution >= 0.6 is 0 Å². The molecule has 3 amide bonds. The third-order valence-electron chi connectivity index (χ3n) is 11.9. The molecule has 3 aliphatic heterocycles. The lowest BCUT2D eigenvalue weighted by Crippen LogP contribution is -2.59. The summed E-state index contributed by atoms with van der Waals surface area (Å²) in [5.41, 5.74) is 1.37. The summed E-state index contributed by atoms with van der Waals surface area (Å²) in [5, 5.41) is 29.9.